The van der Waals surface area contributed by atoms with Gasteiger partial charge in [-0.2, -0.15) is 4.98 Å². The minimum absolute atomic E-state index is 0.0503. The molecule has 0 spiro atoms. The van der Waals surface area contributed by atoms with E-state index in [4.69, 9.17) is 4.98 Å². The van der Waals surface area contributed by atoms with E-state index in [1.807, 2.05) is 19.2 Å². The lowest BCUT2D eigenvalue weighted by Crippen LogP contribution is -2.30. The van der Waals surface area contributed by atoms with Gasteiger partial charge in [0.2, 0.25) is 5.95 Å². The fourth-order valence-corrected chi connectivity index (χ4v) is 5.15. The number of fused-ring (bicyclic) bond motifs is 1. The van der Waals surface area contributed by atoms with Crippen LogP contribution < -0.4 is 16.2 Å². The SMILES string of the molecule is C=C/C(=C\N=C(/C)Nc1ncc2c(C)c(C(C)=O)c(=O)n(C3CCCC3)c2n1)C1CCNCC1. The van der Waals surface area contributed by atoms with Gasteiger partial charge >= 0.3 is 0 Å². The van der Waals surface area contributed by atoms with Crippen molar-refractivity contribution in [3.05, 3.63) is 52.1 Å². The number of aliphatic imine (C=N–C) groups is 1. The zero-order valence-electron chi connectivity index (χ0n) is 20.4. The normalized spacial score (nSPS) is 18.4. The zero-order chi connectivity index (χ0) is 24.2. The van der Waals surface area contributed by atoms with E-state index in [0.717, 1.165) is 62.6 Å². The van der Waals surface area contributed by atoms with Crippen molar-refractivity contribution in [1.29, 1.82) is 0 Å². The summed E-state index contributed by atoms with van der Waals surface area (Å²) in [6.07, 6.45) is 11.6. The molecule has 0 bridgehead atoms. The molecule has 8 nitrogen and oxygen atoms in total. The second-order valence-corrected chi connectivity index (χ2v) is 9.30. The number of pyridine rings is 1. The highest BCUT2D eigenvalue weighted by atomic mass is 16.1. The number of Topliss-reactive ketones (excluding diaryl/α,β-unsaturated/α-hetero) is 1. The van der Waals surface area contributed by atoms with Crippen LogP contribution in [0.4, 0.5) is 5.95 Å². The summed E-state index contributed by atoms with van der Waals surface area (Å²) in [5.41, 5.74) is 2.33. The third kappa shape index (κ3) is 4.87. The number of carbonyl (C=O) groups is 1. The van der Waals surface area contributed by atoms with Crippen LogP contribution in [0.5, 0.6) is 0 Å². The minimum Gasteiger partial charge on any atom is -0.317 e. The first-order valence-electron chi connectivity index (χ1n) is 12.2. The van der Waals surface area contributed by atoms with Gasteiger partial charge in [-0.05, 0) is 76.6 Å². The maximum atomic E-state index is 13.3. The maximum Gasteiger partial charge on any atom is 0.263 e. The number of aromatic nitrogens is 3. The molecule has 8 heteroatoms. The number of hydrogen-bond donors (Lipinski definition) is 2. The Kier molecular flexibility index (Phi) is 7.36. The average Bonchev–Trinajstić information content (AvgIpc) is 3.34. The van der Waals surface area contributed by atoms with E-state index in [1.165, 1.54) is 6.92 Å². The molecule has 3 heterocycles. The van der Waals surface area contributed by atoms with Crippen molar-refractivity contribution in [2.75, 3.05) is 18.4 Å². The quantitative estimate of drug-likeness (QED) is 0.287. The van der Waals surface area contributed by atoms with Gasteiger partial charge in [0.15, 0.2) is 5.78 Å². The fourth-order valence-electron chi connectivity index (χ4n) is 5.15. The number of rotatable bonds is 6. The predicted molar refractivity (Wildman–Crippen MR) is 137 cm³/mol. The van der Waals surface area contributed by atoms with Gasteiger partial charge in [0.1, 0.15) is 11.5 Å². The van der Waals surface area contributed by atoms with E-state index >= 15 is 0 Å². The summed E-state index contributed by atoms with van der Waals surface area (Å²) in [6, 6.07) is 0.0503. The highest BCUT2D eigenvalue weighted by Crippen LogP contribution is 2.32. The molecular weight excluding hydrogens is 428 g/mol. The smallest absolute Gasteiger partial charge is 0.263 e. The Bertz CT molecular complexity index is 1210. The van der Waals surface area contributed by atoms with Crippen LogP contribution >= 0.6 is 0 Å². The molecule has 0 radical (unpaired) electrons. The van der Waals surface area contributed by atoms with Gasteiger partial charge < -0.3 is 10.6 Å². The molecular formula is C26H34N6O2. The maximum absolute atomic E-state index is 13.3. The van der Waals surface area contributed by atoms with E-state index < -0.39 is 0 Å². The van der Waals surface area contributed by atoms with Gasteiger partial charge in [0.25, 0.3) is 5.56 Å². The van der Waals surface area contributed by atoms with Crippen molar-refractivity contribution in [1.82, 2.24) is 19.9 Å². The second kappa shape index (κ2) is 10.4. The van der Waals surface area contributed by atoms with E-state index in [9.17, 15) is 9.59 Å². The standard InChI is InChI=1S/C26H34N6O2/c1-5-19(20-10-12-27-13-11-20)14-28-18(4)30-26-29-15-22-16(2)23(17(3)33)25(34)32(24(22)31-26)21-8-6-7-9-21/h5,14-15,20-21,27H,1,6-13H2,2-4H3,(H,28,29,30,31)/b19-14+. The van der Waals surface area contributed by atoms with E-state index in [1.54, 1.807) is 17.7 Å². The molecule has 0 amide bonds. The van der Waals surface area contributed by atoms with Gasteiger partial charge in [0, 0.05) is 23.8 Å². The molecule has 1 saturated heterocycles. The predicted octanol–water partition coefficient (Wildman–Crippen LogP) is 4.32. The molecule has 180 valence electrons. The first-order valence-corrected chi connectivity index (χ1v) is 12.2. The van der Waals surface area contributed by atoms with Gasteiger partial charge in [-0.15, -0.1) is 0 Å². The highest BCUT2D eigenvalue weighted by Gasteiger charge is 2.25. The minimum atomic E-state index is -0.250. The number of nitrogens with one attached hydrogen (secondary N) is 2. The Morgan fingerprint density at radius 1 is 1.24 bits per heavy atom. The number of hydrogen-bond acceptors (Lipinski definition) is 6. The van der Waals surface area contributed by atoms with E-state index in [-0.39, 0.29) is 22.9 Å². The first-order chi connectivity index (χ1) is 16.4. The van der Waals surface area contributed by atoms with Crippen LogP contribution in [0.15, 0.2) is 40.4 Å². The summed E-state index contributed by atoms with van der Waals surface area (Å²) in [4.78, 5) is 39.4. The largest absolute Gasteiger partial charge is 0.317 e. The van der Waals surface area contributed by atoms with Crippen molar-refractivity contribution in [2.45, 2.75) is 65.3 Å². The van der Waals surface area contributed by atoms with Gasteiger partial charge in [0.05, 0.1) is 5.56 Å². The molecule has 1 aliphatic carbocycles. The van der Waals surface area contributed by atoms with Gasteiger partial charge in [-0.3, -0.25) is 14.2 Å². The molecule has 34 heavy (non-hydrogen) atoms. The molecule has 2 aromatic heterocycles. The van der Waals surface area contributed by atoms with Gasteiger partial charge in [-0.1, -0.05) is 25.5 Å². The molecule has 0 aromatic carbocycles. The summed E-state index contributed by atoms with van der Waals surface area (Å²) in [6.45, 7) is 11.1. The molecule has 2 fully saturated rings. The second-order valence-electron chi connectivity index (χ2n) is 9.30. The number of anilines is 1. The lowest BCUT2D eigenvalue weighted by molar-refractivity contribution is 0.101. The van der Waals surface area contributed by atoms with Crippen molar-refractivity contribution in [2.24, 2.45) is 10.9 Å². The van der Waals surface area contributed by atoms with Crippen LogP contribution in [0.25, 0.3) is 11.0 Å². The third-order valence-electron chi connectivity index (χ3n) is 7.00. The molecule has 1 aliphatic heterocycles. The number of amidine groups is 1. The highest BCUT2D eigenvalue weighted by molar-refractivity contribution is 5.99. The number of aryl methyl sites for hydroxylation is 1. The molecule has 0 unspecified atom stereocenters. The summed E-state index contributed by atoms with van der Waals surface area (Å²) in [5, 5.41) is 7.28. The van der Waals surface area contributed by atoms with Crippen molar-refractivity contribution >= 4 is 28.6 Å². The van der Waals surface area contributed by atoms with Crippen molar-refractivity contribution < 1.29 is 4.79 Å². The van der Waals surface area contributed by atoms with Crippen molar-refractivity contribution in [3.63, 3.8) is 0 Å². The molecule has 2 N–H and O–H groups in total. The van der Waals surface area contributed by atoms with E-state index in [2.05, 4.69) is 27.2 Å². The topological polar surface area (TPSA) is 101 Å². The Morgan fingerprint density at radius 3 is 2.59 bits per heavy atom. The molecule has 4 rings (SSSR count). The lowest BCUT2D eigenvalue weighted by atomic mass is 9.90. The van der Waals surface area contributed by atoms with Gasteiger partial charge in [-0.25, -0.2) is 9.98 Å². The average molecular weight is 463 g/mol. The monoisotopic (exact) mass is 462 g/mol. The van der Waals surface area contributed by atoms with Crippen LogP contribution in [0.3, 0.4) is 0 Å². The summed E-state index contributed by atoms with van der Waals surface area (Å²) in [5.74, 6) is 1.27. The first kappa shape index (κ1) is 24.0. The van der Waals surface area contributed by atoms with Crippen LogP contribution in [0, 0.1) is 12.8 Å². The van der Waals surface area contributed by atoms with Crippen LogP contribution in [0.1, 0.15) is 74.3 Å². The number of ketones is 1. The third-order valence-corrected chi connectivity index (χ3v) is 7.00. The fraction of sp³-hybridized carbons (Fsp3) is 0.500. The molecule has 1 saturated carbocycles. The Morgan fingerprint density at radius 2 is 1.94 bits per heavy atom. The van der Waals surface area contributed by atoms with Crippen LogP contribution in [0.2, 0.25) is 0 Å². The molecule has 2 aliphatic rings. The lowest BCUT2D eigenvalue weighted by Gasteiger charge is -2.23. The number of piperidine rings is 1. The summed E-state index contributed by atoms with van der Waals surface area (Å²) < 4.78 is 1.72. The Balaban J connectivity index is 1.69. The van der Waals surface area contributed by atoms with Crippen molar-refractivity contribution in [3.8, 4) is 0 Å². The number of allylic oxidation sites excluding steroid dienone is 2. The Hall–Kier alpha value is -3.13. The number of nitrogens with zero attached hydrogens (tertiary/aromatic N) is 4. The molecule has 2 aromatic rings. The van der Waals surface area contributed by atoms with E-state index in [0.29, 0.717) is 28.9 Å². The zero-order valence-corrected chi connectivity index (χ0v) is 20.4. The summed E-state index contributed by atoms with van der Waals surface area (Å²) in [7, 11) is 0. The Labute approximate surface area is 200 Å². The number of carbonyl (C=O) groups excluding carboxylic acids is 1. The van der Waals surface area contributed by atoms with Crippen LogP contribution in [-0.2, 0) is 0 Å². The molecule has 0 atom stereocenters. The summed E-state index contributed by atoms with van der Waals surface area (Å²) >= 11 is 0. The van der Waals surface area contributed by atoms with Crippen LogP contribution in [-0.4, -0.2) is 39.2 Å².